The van der Waals surface area contributed by atoms with Crippen molar-refractivity contribution < 1.29 is 4.79 Å². The van der Waals surface area contributed by atoms with Gasteiger partial charge in [0.25, 0.3) is 5.91 Å². The Kier molecular flexibility index (Phi) is 5.73. The zero-order valence-corrected chi connectivity index (χ0v) is 12.8. The summed E-state index contributed by atoms with van der Waals surface area (Å²) in [7, 11) is 0. The number of anilines is 1. The van der Waals surface area contributed by atoms with Crippen molar-refractivity contribution in [1.29, 1.82) is 5.26 Å². The molecule has 112 valence electrons. The molecule has 0 aliphatic heterocycles. The molecule has 0 aliphatic carbocycles. The second-order valence-corrected chi connectivity index (χ2v) is 5.29. The molecule has 2 aromatic carbocycles. The fraction of sp³-hybridized carbons (Fsp3) is 0.263. The van der Waals surface area contributed by atoms with E-state index < -0.39 is 0 Å². The monoisotopic (exact) mass is 292 g/mol. The third-order valence-corrected chi connectivity index (χ3v) is 3.53. The van der Waals surface area contributed by atoms with Crippen molar-refractivity contribution in [2.45, 2.75) is 32.6 Å². The van der Waals surface area contributed by atoms with E-state index in [9.17, 15) is 4.79 Å². The number of hydrogen-bond acceptors (Lipinski definition) is 2. The fourth-order valence-corrected chi connectivity index (χ4v) is 2.20. The molecule has 1 N–H and O–H groups in total. The molecule has 3 nitrogen and oxygen atoms in total. The molecule has 1 amide bonds. The van der Waals surface area contributed by atoms with Crippen molar-refractivity contribution >= 4 is 11.6 Å². The molecule has 0 radical (unpaired) electrons. The molecule has 0 bridgehead atoms. The normalized spacial score (nSPS) is 10.0. The van der Waals surface area contributed by atoms with Gasteiger partial charge in [-0.1, -0.05) is 37.6 Å². The Bertz CT molecular complexity index is 651. The van der Waals surface area contributed by atoms with E-state index in [4.69, 9.17) is 5.26 Å². The van der Waals surface area contributed by atoms with Crippen LogP contribution < -0.4 is 5.32 Å². The highest BCUT2D eigenvalue weighted by Crippen LogP contribution is 2.13. The minimum atomic E-state index is -0.134. The fourth-order valence-electron chi connectivity index (χ4n) is 2.20. The van der Waals surface area contributed by atoms with Gasteiger partial charge in [0, 0.05) is 11.3 Å². The maximum Gasteiger partial charge on any atom is 0.255 e. The Labute approximate surface area is 131 Å². The molecule has 0 saturated carbocycles. The zero-order valence-electron chi connectivity index (χ0n) is 12.8. The highest BCUT2D eigenvalue weighted by molar-refractivity contribution is 6.04. The Morgan fingerprint density at radius 3 is 2.27 bits per heavy atom. The van der Waals surface area contributed by atoms with Gasteiger partial charge in [0.05, 0.1) is 12.5 Å². The van der Waals surface area contributed by atoms with Crippen molar-refractivity contribution in [1.82, 2.24) is 0 Å². The molecule has 2 aromatic rings. The quantitative estimate of drug-likeness (QED) is 0.860. The predicted molar refractivity (Wildman–Crippen MR) is 88.8 cm³/mol. The van der Waals surface area contributed by atoms with Crippen LogP contribution >= 0.6 is 0 Å². The van der Waals surface area contributed by atoms with Crippen molar-refractivity contribution in [2.24, 2.45) is 0 Å². The zero-order chi connectivity index (χ0) is 15.8. The number of benzene rings is 2. The van der Waals surface area contributed by atoms with E-state index in [-0.39, 0.29) is 5.91 Å². The van der Waals surface area contributed by atoms with Gasteiger partial charge in [0.2, 0.25) is 0 Å². The Hall–Kier alpha value is -2.60. The molecule has 0 spiro atoms. The lowest BCUT2D eigenvalue weighted by atomic mass is 10.1. The summed E-state index contributed by atoms with van der Waals surface area (Å²) in [6.45, 7) is 2.18. The predicted octanol–water partition coefficient (Wildman–Crippen LogP) is 4.35. The van der Waals surface area contributed by atoms with E-state index in [0.29, 0.717) is 12.0 Å². The van der Waals surface area contributed by atoms with Crippen molar-refractivity contribution in [3.05, 3.63) is 65.2 Å². The van der Waals surface area contributed by atoms with E-state index >= 15 is 0 Å². The van der Waals surface area contributed by atoms with Crippen LogP contribution in [0, 0.1) is 11.3 Å². The third kappa shape index (κ3) is 4.46. The lowest BCUT2D eigenvalue weighted by Crippen LogP contribution is -2.11. The smallest absolute Gasteiger partial charge is 0.255 e. The number of amides is 1. The van der Waals surface area contributed by atoms with Crippen LogP contribution in [-0.2, 0) is 12.8 Å². The lowest BCUT2D eigenvalue weighted by Gasteiger charge is -2.07. The maximum absolute atomic E-state index is 12.2. The van der Waals surface area contributed by atoms with Gasteiger partial charge in [0.1, 0.15) is 0 Å². The molecule has 0 aliphatic rings. The molecular formula is C19H20N2O. The molecule has 3 heteroatoms. The number of hydrogen-bond donors (Lipinski definition) is 1. The number of aryl methyl sites for hydroxylation is 1. The van der Waals surface area contributed by atoms with E-state index in [1.165, 1.54) is 18.4 Å². The second kappa shape index (κ2) is 7.99. The molecule has 0 heterocycles. The SMILES string of the molecule is CCCCc1ccc(NC(=O)c2ccc(CC#N)cc2)cc1. The molecule has 0 unspecified atom stereocenters. The van der Waals surface area contributed by atoms with Crippen molar-refractivity contribution in [2.75, 3.05) is 5.32 Å². The first-order valence-electron chi connectivity index (χ1n) is 7.59. The Morgan fingerprint density at radius 2 is 1.68 bits per heavy atom. The summed E-state index contributed by atoms with van der Waals surface area (Å²) in [6, 6.07) is 17.2. The number of carbonyl (C=O) groups is 1. The molecule has 0 atom stereocenters. The largest absolute Gasteiger partial charge is 0.322 e. The average molecular weight is 292 g/mol. The topological polar surface area (TPSA) is 52.9 Å². The summed E-state index contributed by atoms with van der Waals surface area (Å²) < 4.78 is 0. The second-order valence-electron chi connectivity index (χ2n) is 5.29. The highest BCUT2D eigenvalue weighted by Gasteiger charge is 2.06. The van der Waals surface area contributed by atoms with Gasteiger partial charge in [0.15, 0.2) is 0 Å². The highest BCUT2D eigenvalue weighted by atomic mass is 16.1. The van der Waals surface area contributed by atoms with Crippen LogP contribution in [0.3, 0.4) is 0 Å². The van der Waals surface area contributed by atoms with Crippen LogP contribution in [0.1, 0.15) is 41.3 Å². The van der Waals surface area contributed by atoms with Gasteiger partial charge in [-0.05, 0) is 48.2 Å². The van der Waals surface area contributed by atoms with Crippen molar-refractivity contribution in [3.63, 3.8) is 0 Å². The first-order chi connectivity index (χ1) is 10.7. The molecule has 2 rings (SSSR count). The third-order valence-electron chi connectivity index (χ3n) is 3.53. The Morgan fingerprint density at radius 1 is 1.05 bits per heavy atom. The minimum Gasteiger partial charge on any atom is -0.322 e. The van der Waals surface area contributed by atoms with E-state index in [0.717, 1.165) is 17.7 Å². The van der Waals surface area contributed by atoms with Gasteiger partial charge in [-0.3, -0.25) is 4.79 Å². The number of rotatable bonds is 6. The Balaban J connectivity index is 1.97. The number of nitrogens with zero attached hydrogens (tertiary/aromatic N) is 1. The minimum absolute atomic E-state index is 0.134. The van der Waals surface area contributed by atoms with Gasteiger partial charge < -0.3 is 5.32 Å². The summed E-state index contributed by atoms with van der Waals surface area (Å²) in [5.74, 6) is -0.134. The number of nitrogens with one attached hydrogen (secondary N) is 1. The maximum atomic E-state index is 12.2. The van der Waals surface area contributed by atoms with Crippen LogP contribution in [0.2, 0.25) is 0 Å². The van der Waals surface area contributed by atoms with Crippen LogP contribution in [0.5, 0.6) is 0 Å². The van der Waals surface area contributed by atoms with E-state index in [1.54, 1.807) is 12.1 Å². The lowest BCUT2D eigenvalue weighted by molar-refractivity contribution is 0.102. The number of carbonyl (C=O) groups excluding carboxylic acids is 1. The summed E-state index contributed by atoms with van der Waals surface area (Å²) in [5.41, 5.74) is 3.60. The molecule has 0 aromatic heterocycles. The van der Waals surface area contributed by atoms with Crippen LogP contribution in [0.25, 0.3) is 0 Å². The number of unbranched alkanes of at least 4 members (excludes halogenated alkanes) is 1. The first-order valence-corrected chi connectivity index (χ1v) is 7.59. The first kappa shape index (κ1) is 15.8. The summed E-state index contributed by atoms with van der Waals surface area (Å²) in [4.78, 5) is 12.2. The number of nitriles is 1. The standard InChI is InChI=1S/C19H20N2O/c1-2-3-4-15-7-11-18(12-8-15)21-19(22)17-9-5-16(6-10-17)13-14-20/h5-12H,2-4,13H2,1H3,(H,21,22). The van der Waals surface area contributed by atoms with Gasteiger partial charge in [-0.15, -0.1) is 0 Å². The molecule has 22 heavy (non-hydrogen) atoms. The van der Waals surface area contributed by atoms with Gasteiger partial charge in [-0.2, -0.15) is 5.26 Å². The van der Waals surface area contributed by atoms with E-state index in [1.807, 2.05) is 24.3 Å². The van der Waals surface area contributed by atoms with Crippen molar-refractivity contribution in [3.8, 4) is 6.07 Å². The van der Waals surface area contributed by atoms with Gasteiger partial charge >= 0.3 is 0 Å². The van der Waals surface area contributed by atoms with Crippen LogP contribution in [0.15, 0.2) is 48.5 Å². The average Bonchev–Trinajstić information content (AvgIpc) is 2.55. The van der Waals surface area contributed by atoms with Crippen LogP contribution in [0.4, 0.5) is 5.69 Å². The molecular weight excluding hydrogens is 272 g/mol. The van der Waals surface area contributed by atoms with E-state index in [2.05, 4.69) is 30.4 Å². The molecule has 0 saturated heterocycles. The van der Waals surface area contributed by atoms with Gasteiger partial charge in [-0.25, -0.2) is 0 Å². The molecule has 0 fully saturated rings. The van der Waals surface area contributed by atoms with Crippen LogP contribution in [-0.4, -0.2) is 5.91 Å². The summed E-state index contributed by atoms with van der Waals surface area (Å²) in [5, 5.41) is 11.5. The summed E-state index contributed by atoms with van der Waals surface area (Å²) >= 11 is 0. The summed E-state index contributed by atoms with van der Waals surface area (Å²) in [6.07, 6.45) is 3.80.